The zero-order valence-corrected chi connectivity index (χ0v) is 19.8. The number of aryl methyl sites for hydroxylation is 2. The Morgan fingerprint density at radius 1 is 0.697 bits per heavy atom. The van der Waals surface area contributed by atoms with Crippen LogP contribution in [0.15, 0.2) is 63.8 Å². The van der Waals surface area contributed by atoms with Crippen LogP contribution in [0.4, 0.5) is 4.39 Å². The molecule has 0 atom stereocenters. The first-order valence-corrected chi connectivity index (χ1v) is 12.4. The van der Waals surface area contributed by atoms with Crippen LogP contribution in [-0.4, -0.2) is 0 Å². The summed E-state index contributed by atoms with van der Waals surface area (Å²) in [6.45, 7) is 4.31. The molecule has 0 N–H and O–H groups in total. The van der Waals surface area contributed by atoms with Crippen LogP contribution in [0, 0.1) is 5.82 Å². The molecule has 1 heterocycles. The maximum absolute atomic E-state index is 15.0. The van der Waals surface area contributed by atoms with Crippen LogP contribution in [0.3, 0.4) is 0 Å². The summed E-state index contributed by atoms with van der Waals surface area (Å²) in [4.78, 5) is 12.8. The Labute approximate surface area is 195 Å². The highest BCUT2D eigenvalue weighted by Gasteiger charge is 2.15. The molecule has 1 aromatic heterocycles. The van der Waals surface area contributed by atoms with E-state index in [-0.39, 0.29) is 5.58 Å². The molecule has 0 fully saturated rings. The molecule has 0 aliphatic carbocycles. The lowest BCUT2D eigenvalue weighted by Gasteiger charge is -2.09. The Morgan fingerprint density at radius 3 is 2.15 bits per heavy atom. The number of halogens is 1. The van der Waals surface area contributed by atoms with Crippen molar-refractivity contribution in [2.45, 2.75) is 71.6 Å². The minimum atomic E-state index is -0.491. The van der Waals surface area contributed by atoms with Crippen molar-refractivity contribution >= 4 is 21.7 Å². The van der Waals surface area contributed by atoms with Gasteiger partial charge in [-0.3, -0.25) is 0 Å². The van der Waals surface area contributed by atoms with Crippen molar-refractivity contribution in [1.82, 2.24) is 0 Å². The molecular formula is C30H33FO2. The van der Waals surface area contributed by atoms with E-state index in [1.165, 1.54) is 37.7 Å². The van der Waals surface area contributed by atoms with Crippen LogP contribution in [0.5, 0.6) is 0 Å². The van der Waals surface area contributed by atoms with Crippen molar-refractivity contribution in [3.8, 4) is 11.1 Å². The van der Waals surface area contributed by atoms with Crippen LogP contribution >= 0.6 is 0 Å². The average molecular weight is 445 g/mol. The van der Waals surface area contributed by atoms with Crippen LogP contribution in [-0.2, 0) is 12.8 Å². The van der Waals surface area contributed by atoms with E-state index >= 15 is 0 Å². The van der Waals surface area contributed by atoms with E-state index < -0.39 is 11.4 Å². The molecule has 0 amide bonds. The highest BCUT2D eigenvalue weighted by Crippen LogP contribution is 2.30. The second-order valence-electron chi connectivity index (χ2n) is 9.03. The molecule has 0 saturated heterocycles. The monoisotopic (exact) mass is 444 g/mol. The molecule has 0 bridgehead atoms. The van der Waals surface area contributed by atoms with E-state index in [4.69, 9.17) is 4.42 Å². The molecule has 172 valence electrons. The lowest BCUT2D eigenvalue weighted by atomic mass is 9.97. The minimum Gasteiger partial charge on any atom is -0.419 e. The number of hydrogen-bond acceptors (Lipinski definition) is 2. The molecule has 0 radical (unpaired) electrons. The Bertz CT molecular complexity index is 1280. The highest BCUT2D eigenvalue weighted by molar-refractivity contribution is 6.05. The maximum Gasteiger partial charge on any atom is 0.344 e. The van der Waals surface area contributed by atoms with E-state index in [1.807, 2.05) is 30.3 Å². The van der Waals surface area contributed by atoms with Gasteiger partial charge in [-0.25, -0.2) is 9.18 Å². The van der Waals surface area contributed by atoms with Crippen LogP contribution in [0.1, 0.15) is 69.9 Å². The molecule has 0 saturated carbocycles. The summed E-state index contributed by atoms with van der Waals surface area (Å²) >= 11 is 0. The third-order valence-electron chi connectivity index (χ3n) is 6.56. The van der Waals surface area contributed by atoms with Crippen molar-refractivity contribution in [2.75, 3.05) is 0 Å². The fraction of sp³-hybridized carbons (Fsp3) is 0.367. The lowest BCUT2D eigenvalue weighted by Crippen LogP contribution is -2.02. The van der Waals surface area contributed by atoms with Crippen LogP contribution < -0.4 is 5.63 Å². The van der Waals surface area contributed by atoms with Gasteiger partial charge in [0.25, 0.3) is 0 Å². The number of unbranched alkanes of at least 4 members (excludes halogenated alkanes) is 5. The SMILES string of the molecule is CCCCCCCc1ccc(-c2ccc3c(c2)c(=O)oc2c(F)c(CCCC)ccc23)cc1. The maximum atomic E-state index is 15.0. The van der Waals surface area contributed by atoms with Gasteiger partial charge in [0, 0.05) is 10.8 Å². The molecule has 4 aromatic rings. The van der Waals surface area contributed by atoms with E-state index in [9.17, 15) is 9.18 Å². The first kappa shape index (κ1) is 23.2. The fourth-order valence-corrected chi connectivity index (χ4v) is 4.54. The van der Waals surface area contributed by atoms with Gasteiger partial charge in [-0.15, -0.1) is 0 Å². The Hall–Kier alpha value is -2.94. The molecular weight excluding hydrogens is 411 g/mol. The molecule has 4 rings (SSSR count). The largest absolute Gasteiger partial charge is 0.419 e. The smallest absolute Gasteiger partial charge is 0.344 e. The van der Waals surface area contributed by atoms with Crippen LogP contribution in [0.25, 0.3) is 32.9 Å². The van der Waals surface area contributed by atoms with Gasteiger partial charge in [-0.1, -0.05) is 94.5 Å². The lowest BCUT2D eigenvalue weighted by molar-refractivity contribution is 0.523. The van der Waals surface area contributed by atoms with E-state index in [1.54, 1.807) is 0 Å². The van der Waals surface area contributed by atoms with E-state index in [0.29, 0.717) is 22.8 Å². The Morgan fingerprint density at radius 2 is 1.39 bits per heavy atom. The number of rotatable bonds is 10. The predicted octanol–water partition coefficient (Wildman–Crippen LogP) is 8.61. The normalized spacial score (nSPS) is 11.5. The summed E-state index contributed by atoms with van der Waals surface area (Å²) in [7, 11) is 0. The van der Waals surface area contributed by atoms with Crippen molar-refractivity contribution in [3.05, 3.63) is 82.0 Å². The van der Waals surface area contributed by atoms with Gasteiger partial charge in [0.05, 0.1) is 5.39 Å². The Balaban J connectivity index is 1.61. The Kier molecular flexibility index (Phi) is 7.59. The van der Waals surface area contributed by atoms with Crippen molar-refractivity contribution in [3.63, 3.8) is 0 Å². The zero-order valence-electron chi connectivity index (χ0n) is 19.8. The predicted molar refractivity (Wildman–Crippen MR) is 136 cm³/mol. The summed E-state index contributed by atoms with van der Waals surface area (Å²) in [5.74, 6) is -0.408. The molecule has 0 aliphatic rings. The van der Waals surface area contributed by atoms with Crippen molar-refractivity contribution < 1.29 is 8.81 Å². The first-order chi connectivity index (χ1) is 16.1. The second-order valence-corrected chi connectivity index (χ2v) is 9.03. The topological polar surface area (TPSA) is 30.2 Å². The van der Waals surface area contributed by atoms with Gasteiger partial charge in [-0.2, -0.15) is 0 Å². The van der Waals surface area contributed by atoms with E-state index in [2.05, 4.69) is 38.1 Å². The molecule has 3 heteroatoms. The molecule has 2 nitrogen and oxygen atoms in total. The van der Waals surface area contributed by atoms with Gasteiger partial charge in [-0.05, 0) is 54.0 Å². The third-order valence-corrected chi connectivity index (χ3v) is 6.56. The van der Waals surface area contributed by atoms with Crippen molar-refractivity contribution in [2.24, 2.45) is 0 Å². The van der Waals surface area contributed by atoms with Crippen LogP contribution in [0.2, 0.25) is 0 Å². The minimum absolute atomic E-state index is 0.0668. The van der Waals surface area contributed by atoms with Gasteiger partial charge in [0.15, 0.2) is 11.4 Å². The summed E-state index contributed by atoms with van der Waals surface area (Å²) in [6, 6.07) is 18.1. The number of benzene rings is 3. The fourth-order valence-electron chi connectivity index (χ4n) is 4.54. The van der Waals surface area contributed by atoms with Gasteiger partial charge >= 0.3 is 5.63 Å². The average Bonchev–Trinajstić information content (AvgIpc) is 2.84. The van der Waals surface area contributed by atoms with Crippen molar-refractivity contribution in [1.29, 1.82) is 0 Å². The standard InChI is InChI=1S/C30H33FO2/c1-3-5-7-8-9-10-21-12-14-22(15-13-21)24-17-18-25-26-19-16-23(11-6-4-2)28(31)29(26)33-30(32)27(25)20-24/h12-20H,3-11H2,1-2H3. The van der Waals surface area contributed by atoms with Gasteiger partial charge in [0.2, 0.25) is 0 Å². The quantitative estimate of drug-likeness (QED) is 0.139. The summed E-state index contributed by atoms with van der Waals surface area (Å²) in [6.07, 6.45) is 10.0. The van der Waals surface area contributed by atoms with E-state index in [0.717, 1.165) is 35.8 Å². The molecule has 0 unspecified atom stereocenters. The van der Waals surface area contributed by atoms with Gasteiger partial charge in [0.1, 0.15) is 0 Å². The molecule has 0 aliphatic heterocycles. The molecule has 3 aromatic carbocycles. The number of fused-ring (bicyclic) bond motifs is 3. The third kappa shape index (κ3) is 5.19. The highest BCUT2D eigenvalue weighted by atomic mass is 19.1. The zero-order chi connectivity index (χ0) is 23.2. The second kappa shape index (κ2) is 10.8. The summed E-state index contributed by atoms with van der Waals surface area (Å²) < 4.78 is 20.5. The molecule has 0 spiro atoms. The summed E-state index contributed by atoms with van der Waals surface area (Å²) in [5.41, 5.74) is 3.55. The van der Waals surface area contributed by atoms with Gasteiger partial charge < -0.3 is 4.42 Å². The summed E-state index contributed by atoms with van der Waals surface area (Å²) in [5, 5.41) is 1.86. The molecule has 33 heavy (non-hydrogen) atoms. The first-order valence-electron chi connectivity index (χ1n) is 12.4. The number of hydrogen-bond donors (Lipinski definition) is 0.